The van der Waals surface area contributed by atoms with E-state index >= 15 is 0 Å². The molecule has 0 aliphatic heterocycles. The molecule has 0 aromatic carbocycles. The van der Waals surface area contributed by atoms with Gasteiger partial charge in [-0.3, -0.25) is 9.59 Å². The number of hydrogen-bond acceptors (Lipinski definition) is 5. The molecule has 0 bridgehead atoms. The monoisotopic (exact) mass is 237 g/mol. The van der Waals surface area contributed by atoms with Gasteiger partial charge >= 0.3 is 5.91 Å². The van der Waals surface area contributed by atoms with Gasteiger partial charge in [0.15, 0.2) is 6.61 Å². The van der Waals surface area contributed by atoms with E-state index < -0.39 is 12.5 Å². The first-order valence-electron chi connectivity index (χ1n) is 4.88. The van der Waals surface area contributed by atoms with E-state index in [1.54, 1.807) is 18.2 Å². The molecule has 1 aromatic heterocycles. The van der Waals surface area contributed by atoms with Gasteiger partial charge in [0.05, 0.1) is 0 Å². The highest BCUT2D eigenvalue weighted by molar-refractivity contribution is 5.78. The van der Waals surface area contributed by atoms with Crippen molar-refractivity contribution in [2.24, 2.45) is 5.18 Å². The van der Waals surface area contributed by atoms with Crippen LogP contribution < -0.4 is 10.1 Å². The minimum Gasteiger partial charge on any atom is -0.467 e. The fourth-order valence-corrected chi connectivity index (χ4v) is 1.10. The zero-order valence-corrected chi connectivity index (χ0v) is 8.96. The number of nitroso groups, excluding NO2 is 1. The van der Waals surface area contributed by atoms with E-state index in [0.29, 0.717) is 25.1 Å². The molecule has 90 valence electrons. The van der Waals surface area contributed by atoms with Crippen molar-refractivity contribution in [1.29, 1.82) is 0 Å². The van der Waals surface area contributed by atoms with E-state index in [9.17, 15) is 14.5 Å². The van der Waals surface area contributed by atoms with Gasteiger partial charge in [-0.25, -0.2) is 4.98 Å². The van der Waals surface area contributed by atoms with Crippen LogP contribution in [0.1, 0.15) is 5.69 Å². The molecule has 0 atom stereocenters. The molecule has 0 spiro atoms. The SMILES string of the molecule is O=CNCCc1cccc(OCC(=O)N=O)n1. The van der Waals surface area contributed by atoms with Crippen LogP contribution in [0.15, 0.2) is 23.4 Å². The normalized spacial score (nSPS) is 9.41. The quantitative estimate of drug-likeness (QED) is 0.410. The minimum absolute atomic E-state index is 0.241. The molecule has 1 aromatic rings. The van der Waals surface area contributed by atoms with Gasteiger partial charge in [0.25, 0.3) is 0 Å². The smallest absolute Gasteiger partial charge is 0.323 e. The van der Waals surface area contributed by atoms with Gasteiger partial charge in [0.2, 0.25) is 12.3 Å². The van der Waals surface area contributed by atoms with Gasteiger partial charge in [0.1, 0.15) is 0 Å². The van der Waals surface area contributed by atoms with E-state index in [0.717, 1.165) is 0 Å². The average molecular weight is 237 g/mol. The molecule has 7 nitrogen and oxygen atoms in total. The third-order valence-electron chi connectivity index (χ3n) is 1.84. The predicted molar refractivity (Wildman–Crippen MR) is 58.3 cm³/mol. The van der Waals surface area contributed by atoms with Gasteiger partial charge in [-0.05, 0) is 6.07 Å². The summed E-state index contributed by atoms with van der Waals surface area (Å²) in [4.78, 5) is 34.5. The number of hydrogen-bond donors (Lipinski definition) is 1. The van der Waals surface area contributed by atoms with Crippen molar-refractivity contribution < 1.29 is 14.3 Å². The van der Waals surface area contributed by atoms with Crippen LogP contribution in [-0.4, -0.2) is 30.5 Å². The Morgan fingerprint density at radius 1 is 1.53 bits per heavy atom. The first-order chi connectivity index (χ1) is 8.26. The van der Waals surface area contributed by atoms with Crippen molar-refractivity contribution >= 4 is 12.3 Å². The topological polar surface area (TPSA) is 97.7 Å². The number of carbonyl (C=O) groups is 2. The Kier molecular flexibility index (Phi) is 5.29. The Labute approximate surface area is 97.2 Å². The number of nitrogens with zero attached hydrogens (tertiary/aromatic N) is 2. The van der Waals surface area contributed by atoms with Crippen LogP contribution in [0.4, 0.5) is 0 Å². The van der Waals surface area contributed by atoms with Crippen LogP contribution in [0.25, 0.3) is 0 Å². The summed E-state index contributed by atoms with van der Waals surface area (Å²) in [6.07, 6.45) is 1.16. The molecule has 7 heteroatoms. The standard InChI is InChI=1S/C10H11N3O4/c14-7-11-5-4-8-2-1-3-10(12-8)17-6-9(15)13-16/h1-3,7H,4-6H2,(H,11,14). The molecule has 1 N–H and O–H groups in total. The Bertz CT molecular complexity index is 408. The maximum Gasteiger partial charge on any atom is 0.323 e. The summed E-state index contributed by atoms with van der Waals surface area (Å²) in [5.41, 5.74) is 0.711. The lowest BCUT2D eigenvalue weighted by molar-refractivity contribution is -0.120. The second-order valence-electron chi connectivity index (χ2n) is 3.06. The molecule has 0 fully saturated rings. The molecular weight excluding hydrogens is 226 g/mol. The fraction of sp³-hybridized carbons (Fsp3) is 0.300. The number of aromatic nitrogens is 1. The minimum atomic E-state index is -0.889. The highest BCUT2D eigenvalue weighted by Crippen LogP contribution is 2.07. The second-order valence-corrected chi connectivity index (χ2v) is 3.06. The molecule has 0 saturated carbocycles. The van der Waals surface area contributed by atoms with Crippen LogP contribution in [0.2, 0.25) is 0 Å². The van der Waals surface area contributed by atoms with Crippen LogP contribution >= 0.6 is 0 Å². The van der Waals surface area contributed by atoms with E-state index in [1.165, 1.54) is 0 Å². The molecule has 0 unspecified atom stereocenters. The number of pyridine rings is 1. The van der Waals surface area contributed by atoms with Crippen molar-refractivity contribution in [2.75, 3.05) is 13.2 Å². The van der Waals surface area contributed by atoms with E-state index in [-0.39, 0.29) is 5.88 Å². The highest BCUT2D eigenvalue weighted by atomic mass is 16.5. The third kappa shape index (κ3) is 4.83. The maximum atomic E-state index is 10.6. The average Bonchev–Trinajstić information content (AvgIpc) is 2.37. The molecule has 0 aliphatic carbocycles. The summed E-state index contributed by atoms with van der Waals surface area (Å²) in [6.45, 7) is 0.0430. The number of rotatable bonds is 7. The number of carbonyl (C=O) groups excluding carboxylic acids is 2. The van der Waals surface area contributed by atoms with Gasteiger partial charge in [-0.1, -0.05) is 6.07 Å². The zero-order valence-electron chi connectivity index (χ0n) is 8.96. The Hall–Kier alpha value is -2.31. The summed E-state index contributed by atoms with van der Waals surface area (Å²) in [6, 6.07) is 5.03. The number of nitrogens with one attached hydrogen (secondary N) is 1. The third-order valence-corrected chi connectivity index (χ3v) is 1.84. The lowest BCUT2D eigenvalue weighted by Gasteiger charge is -2.04. The molecule has 1 rings (SSSR count). The summed E-state index contributed by atoms with van der Waals surface area (Å²) in [5, 5.41) is 4.70. The number of amides is 2. The zero-order chi connectivity index (χ0) is 12.5. The van der Waals surface area contributed by atoms with E-state index in [1.807, 2.05) is 0 Å². The maximum absolute atomic E-state index is 10.6. The largest absolute Gasteiger partial charge is 0.467 e. The molecule has 1 heterocycles. The second kappa shape index (κ2) is 7.04. The van der Waals surface area contributed by atoms with Gasteiger partial charge in [-0.2, -0.15) is 0 Å². The molecule has 0 saturated heterocycles. The first-order valence-corrected chi connectivity index (χ1v) is 4.88. The van der Waals surface area contributed by atoms with Crippen LogP contribution in [-0.2, 0) is 16.0 Å². The molecule has 0 aliphatic rings. The lowest BCUT2D eigenvalue weighted by Crippen LogP contribution is -2.15. The Morgan fingerprint density at radius 2 is 2.35 bits per heavy atom. The van der Waals surface area contributed by atoms with Gasteiger partial charge < -0.3 is 10.1 Å². The van der Waals surface area contributed by atoms with Crippen molar-refractivity contribution in [3.8, 4) is 5.88 Å². The predicted octanol–water partition coefficient (Wildman–Crippen LogP) is 0.0419. The Balaban J connectivity index is 2.50. The fourth-order valence-electron chi connectivity index (χ4n) is 1.10. The molecular formula is C10H11N3O4. The van der Waals surface area contributed by atoms with E-state index in [4.69, 9.17) is 4.74 Å². The highest BCUT2D eigenvalue weighted by Gasteiger charge is 2.03. The lowest BCUT2D eigenvalue weighted by atomic mass is 10.3. The van der Waals surface area contributed by atoms with Crippen LogP contribution in [0.3, 0.4) is 0 Å². The van der Waals surface area contributed by atoms with Crippen molar-refractivity contribution in [1.82, 2.24) is 10.3 Å². The Morgan fingerprint density at radius 3 is 3.06 bits per heavy atom. The summed E-state index contributed by atoms with van der Waals surface area (Å²) < 4.78 is 4.96. The van der Waals surface area contributed by atoms with Crippen molar-refractivity contribution in [3.05, 3.63) is 28.8 Å². The summed E-state index contributed by atoms with van der Waals surface area (Å²) in [7, 11) is 0. The molecule has 17 heavy (non-hydrogen) atoms. The summed E-state index contributed by atoms with van der Waals surface area (Å²) in [5.74, 6) is -0.648. The van der Waals surface area contributed by atoms with Gasteiger partial charge in [0, 0.05) is 29.9 Å². The summed E-state index contributed by atoms with van der Waals surface area (Å²) >= 11 is 0. The van der Waals surface area contributed by atoms with Crippen LogP contribution in [0, 0.1) is 4.91 Å². The molecule has 0 radical (unpaired) electrons. The molecule has 2 amide bonds. The van der Waals surface area contributed by atoms with Crippen molar-refractivity contribution in [3.63, 3.8) is 0 Å². The van der Waals surface area contributed by atoms with E-state index in [2.05, 4.69) is 15.5 Å². The number of ether oxygens (including phenoxy) is 1. The first kappa shape index (κ1) is 12.8. The van der Waals surface area contributed by atoms with Crippen LogP contribution in [0.5, 0.6) is 5.88 Å². The van der Waals surface area contributed by atoms with Gasteiger partial charge in [-0.15, -0.1) is 4.91 Å². The van der Waals surface area contributed by atoms with Crippen molar-refractivity contribution in [2.45, 2.75) is 6.42 Å².